The Bertz CT molecular complexity index is 253. The molecule has 3 heteroatoms. The van der Waals surface area contributed by atoms with Gasteiger partial charge in [0.15, 0.2) is 0 Å². The predicted octanol–water partition coefficient (Wildman–Crippen LogP) is 2.43. The largest absolute Gasteiger partial charge is 0.243 e. The van der Waals surface area contributed by atoms with Crippen molar-refractivity contribution in [2.75, 3.05) is 0 Å². The summed E-state index contributed by atoms with van der Waals surface area (Å²) in [5.74, 6) is 0. The highest BCUT2D eigenvalue weighted by Crippen LogP contribution is 2.25. The number of hydrogen-bond acceptors (Lipinski definition) is 2. The molecule has 0 atom stereocenters. The van der Waals surface area contributed by atoms with Crippen molar-refractivity contribution in [3.63, 3.8) is 0 Å². The van der Waals surface area contributed by atoms with Gasteiger partial charge in [-0.3, -0.25) is 0 Å². The summed E-state index contributed by atoms with van der Waals surface area (Å²) in [4.78, 5) is 7.92. The van der Waals surface area contributed by atoms with Crippen LogP contribution in [-0.2, 0) is 5.41 Å². The number of hydrogen-bond donors (Lipinski definition) is 0. The van der Waals surface area contributed by atoms with Crippen LogP contribution >= 0.6 is 11.6 Å². The molecule has 0 unspecified atom stereocenters. The Hall–Kier alpha value is -0.630. The third-order valence-corrected chi connectivity index (χ3v) is 1.65. The van der Waals surface area contributed by atoms with E-state index in [0.29, 0.717) is 5.02 Å². The molecule has 1 heterocycles. The third kappa shape index (κ3) is 1.90. The number of aromatic nitrogens is 2. The first-order valence-corrected chi connectivity index (χ1v) is 3.85. The summed E-state index contributed by atoms with van der Waals surface area (Å²) in [6.45, 7) is 6.21. The van der Waals surface area contributed by atoms with Gasteiger partial charge in [0.05, 0.1) is 10.7 Å². The van der Waals surface area contributed by atoms with Crippen LogP contribution in [0.2, 0.25) is 5.02 Å². The lowest BCUT2D eigenvalue weighted by molar-refractivity contribution is 0.567. The molecule has 0 aliphatic heterocycles. The quantitative estimate of drug-likeness (QED) is 0.598. The monoisotopic (exact) mass is 170 g/mol. The van der Waals surface area contributed by atoms with Gasteiger partial charge in [-0.1, -0.05) is 32.4 Å². The standard InChI is InChI=1S/C8H11ClN2/c1-8(2,3)7-6(9)4-10-5-11-7/h4-5H,1-3H3. The fraction of sp³-hybridized carbons (Fsp3) is 0.500. The molecular formula is C8H11ClN2. The molecule has 0 fully saturated rings. The van der Waals surface area contributed by atoms with Gasteiger partial charge in [-0.15, -0.1) is 0 Å². The maximum atomic E-state index is 5.88. The van der Waals surface area contributed by atoms with Crippen LogP contribution in [0.1, 0.15) is 26.5 Å². The highest BCUT2D eigenvalue weighted by molar-refractivity contribution is 6.31. The highest BCUT2D eigenvalue weighted by atomic mass is 35.5. The van der Waals surface area contributed by atoms with Crippen LogP contribution < -0.4 is 0 Å². The van der Waals surface area contributed by atoms with Gasteiger partial charge in [-0.25, -0.2) is 9.97 Å². The number of rotatable bonds is 0. The van der Waals surface area contributed by atoms with Crippen molar-refractivity contribution in [1.82, 2.24) is 9.97 Å². The Kier molecular flexibility index (Phi) is 2.14. The molecule has 0 bridgehead atoms. The lowest BCUT2D eigenvalue weighted by Crippen LogP contribution is -2.14. The van der Waals surface area contributed by atoms with E-state index in [1.54, 1.807) is 6.20 Å². The molecule has 0 saturated heterocycles. The molecule has 0 radical (unpaired) electrons. The molecule has 0 aliphatic carbocycles. The molecule has 0 aliphatic rings. The molecule has 0 spiro atoms. The second-order valence-corrected chi connectivity index (χ2v) is 3.88. The summed E-state index contributed by atoms with van der Waals surface area (Å²) >= 11 is 5.88. The van der Waals surface area contributed by atoms with E-state index in [9.17, 15) is 0 Å². The Morgan fingerprint density at radius 3 is 2.36 bits per heavy atom. The minimum Gasteiger partial charge on any atom is -0.243 e. The molecule has 0 saturated carbocycles. The summed E-state index contributed by atoms with van der Waals surface area (Å²) in [7, 11) is 0. The Morgan fingerprint density at radius 2 is 2.00 bits per heavy atom. The van der Waals surface area contributed by atoms with Crippen LogP contribution in [0.5, 0.6) is 0 Å². The van der Waals surface area contributed by atoms with Crippen LogP contribution in [0, 0.1) is 0 Å². The maximum absolute atomic E-state index is 5.88. The van der Waals surface area contributed by atoms with E-state index in [1.165, 1.54) is 6.33 Å². The molecule has 0 amide bonds. The molecule has 60 valence electrons. The van der Waals surface area contributed by atoms with Crippen LogP contribution in [-0.4, -0.2) is 9.97 Å². The highest BCUT2D eigenvalue weighted by Gasteiger charge is 2.18. The van der Waals surface area contributed by atoms with E-state index in [2.05, 4.69) is 30.7 Å². The second-order valence-electron chi connectivity index (χ2n) is 3.47. The van der Waals surface area contributed by atoms with Crippen LogP contribution in [0.25, 0.3) is 0 Å². The molecule has 1 aromatic heterocycles. The average Bonchev–Trinajstić information content (AvgIpc) is 1.86. The third-order valence-electron chi connectivity index (χ3n) is 1.38. The van der Waals surface area contributed by atoms with E-state index in [4.69, 9.17) is 11.6 Å². The first kappa shape index (κ1) is 8.47. The Balaban J connectivity index is 3.14. The average molecular weight is 171 g/mol. The van der Waals surface area contributed by atoms with Crippen molar-refractivity contribution < 1.29 is 0 Å². The van der Waals surface area contributed by atoms with Gasteiger partial charge >= 0.3 is 0 Å². The number of halogens is 1. The molecule has 0 N–H and O–H groups in total. The Labute approximate surface area is 71.6 Å². The minimum atomic E-state index is 0.0000231. The zero-order chi connectivity index (χ0) is 8.48. The summed E-state index contributed by atoms with van der Waals surface area (Å²) in [5, 5.41) is 0.639. The van der Waals surface area contributed by atoms with Gasteiger partial charge in [0.25, 0.3) is 0 Å². The molecule has 0 aromatic carbocycles. The van der Waals surface area contributed by atoms with Crippen molar-refractivity contribution in [3.05, 3.63) is 23.2 Å². The van der Waals surface area contributed by atoms with E-state index < -0.39 is 0 Å². The normalized spacial score (nSPS) is 11.6. The fourth-order valence-electron chi connectivity index (χ4n) is 0.865. The SMILES string of the molecule is CC(C)(C)c1ncncc1Cl. The van der Waals surface area contributed by atoms with Gasteiger partial charge in [-0.2, -0.15) is 0 Å². The molecule has 2 nitrogen and oxygen atoms in total. The van der Waals surface area contributed by atoms with Crippen molar-refractivity contribution in [3.8, 4) is 0 Å². The Morgan fingerprint density at radius 1 is 1.36 bits per heavy atom. The summed E-state index contributed by atoms with van der Waals surface area (Å²) in [5.41, 5.74) is 0.897. The van der Waals surface area contributed by atoms with E-state index in [-0.39, 0.29) is 5.41 Å². The number of nitrogens with zero attached hydrogens (tertiary/aromatic N) is 2. The van der Waals surface area contributed by atoms with Crippen LogP contribution in [0.3, 0.4) is 0 Å². The zero-order valence-electron chi connectivity index (χ0n) is 6.93. The fourth-order valence-corrected chi connectivity index (χ4v) is 1.25. The predicted molar refractivity (Wildman–Crippen MR) is 45.7 cm³/mol. The van der Waals surface area contributed by atoms with Crippen LogP contribution in [0.4, 0.5) is 0 Å². The molecule has 1 rings (SSSR count). The van der Waals surface area contributed by atoms with Crippen molar-refractivity contribution in [2.24, 2.45) is 0 Å². The topological polar surface area (TPSA) is 25.8 Å². The lowest BCUT2D eigenvalue weighted by Gasteiger charge is -2.17. The van der Waals surface area contributed by atoms with E-state index in [0.717, 1.165) is 5.69 Å². The van der Waals surface area contributed by atoms with Crippen molar-refractivity contribution in [2.45, 2.75) is 26.2 Å². The van der Waals surface area contributed by atoms with E-state index in [1.807, 2.05) is 0 Å². The maximum Gasteiger partial charge on any atom is 0.115 e. The summed E-state index contributed by atoms with van der Waals surface area (Å²) < 4.78 is 0. The second kappa shape index (κ2) is 2.78. The minimum absolute atomic E-state index is 0.0000231. The van der Waals surface area contributed by atoms with Crippen LogP contribution in [0.15, 0.2) is 12.5 Å². The molecular weight excluding hydrogens is 160 g/mol. The van der Waals surface area contributed by atoms with Gasteiger partial charge in [0.2, 0.25) is 0 Å². The summed E-state index contributed by atoms with van der Waals surface area (Å²) in [6, 6.07) is 0. The van der Waals surface area contributed by atoms with Gasteiger partial charge in [0, 0.05) is 11.6 Å². The zero-order valence-corrected chi connectivity index (χ0v) is 7.68. The van der Waals surface area contributed by atoms with Gasteiger partial charge in [0.1, 0.15) is 6.33 Å². The molecule has 1 aromatic rings. The van der Waals surface area contributed by atoms with Crippen molar-refractivity contribution in [1.29, 1.82) is 0 Å². The lowest BCUT2D eigenvalue weighted by atomic mass is 9.92. The van der Waals surface area contributed by atoms with Gasteiger partial charge < -0.3 is 0 Å². The van der Waals surface area contributed by atoms with Gasteiger partial charge in [-0.05, 0) is 0 Å². The molecule has 11 heavy (non-hydrogen) atoms. The first-order valence-electron chi connectivity index (χ1n) is 3.48. The van der Waals surface area contributed by atoms with Crippen molar-refractivity contribution >= 4 is 11.6 Å². The smallest absolute Gasteiger partial charge is 0.115 e. The summed E-state index contributed by atoms with van der Waals surface area (Å²) in [6.07, 6.45) is 3.14. The first-order chi connectivity index (χ1) is 5.02. The van der Waals surface area contributed by atoms with E-state index >= 15 is 0 Å².